The normalized spacial score (nSPS) is 16.2. The summed E-state index contributed by atoms with van der Waals surface area (Å²) in [4.78, 5) is 71.9. The molecule has 378 valence electrons. The molecule has 5 aromatic rings. The van der Waals surface area contributed by atoms with Gasteiger partial charge in [0.1, 0.15) is 29.8 Å². The van der Waals surface area contributed by atoms with Gasteiger partial charge in [-0.25, -0.2) is 14.4 Å². The number of thiocarbonyl (C=S) groups is 1. The SMILES string of the molecule is Cc1ncsc1-c1ccc(CNC(=O)C2CCCN2C(=O)[C@@H](NC(=O)COCCCCOc2ccc(-c3ccc(N4C(=S)N(c5ccc(C#N)c(C(F)(F)F)c5F)C(=O)C4(C)C)cn3)cn2)C(C)(C)C)cc1. The van der Waals surface area contributed by atoms with Gasteiger partial charge in [0, 0.05) is 37.5 Å². The van der Waals surface area contributed by atoms with E-state index in [2.05, 4.69) is 25.6 Å². The third-order valence-corrected chi connectivity index (χ3v) is 13.7. The fourth-order valence-electron chi connectivity index (χ4n) is 8.48. The molecule has 0 aliphatic carbocycles. The molecule has 15 nitrogen and oxygen atoms in total. The van der Waals surface area contributed by atoms with Crippen LogP contribution < -0.4 is 25.2 Å². The van der Waals surface area contributed by atoms with Crippen molar-refractivity contribution in [2.24, 2.45) is 5.41 Å². The van der Waals surface area contributed by atoms with Crippen molar-refractivity contribution >= 4 is 63.7 Å². The first-order valence-corrected chi connectivity index (χ1v) is 24.4. The standard InChI is InChI=1S/C51H53F4N9O6S2/c1-30-43(72-29-60-30)32-13-11-31(12-14-32)25-59-45(66)38-10-9-21-62(38)46(67)44(49(2,3)4)61-39(65)28-69-22-7-8-23-70-40-20-16-34(26-58-40)36-18-17-35(27-57-36)64-48(71)63(47(68)50(64,5)6)37-19-15-33(24-56)41(42(37)52)51(53,54)55/h11-20,26-27,29,38,44H,7-10,21-23,25,28H2,1-6H3,(H,59,66)(H,61,65)/t38?,44-/m1/s1. The van der Waals surface area contributed by atoms with Gasteiger partial charge in [-0.1, -0.05) is 45.0 Å². The lowest BCUT2D eigenvalue weighted by Crippen LogP contribution is -2.58. The number of ether oxygens (including phenoxy) is 2. The van der Waals surface area contributed by atoms with Gasteiger partial charge in [-0.2, -0.15) is 18.4 Å². The summed E-state index contributed by atoms with van der Waals surface area (Å²) in [6.07, 6.45) is 0.130. The molecule has 2 aromatic carbocycles. The van der Waals surface area contributed by atoms with E-state index in [1.54, 1.807) is 46.7 Å². The smallest absolute Gasteiger partial charge is 0.420 e. The molecule has 0 bridgehead atoms. The van der Waals surface area contributed by atoms with E-state index in [4.69, 9.17) is 21.7 Å². The van der Waals surface area contributed by atoms with Gasteiger partial charge in [0.05, 0.1) is 57.6 Å². The van der Waals surface area contributed by atoms with E-state index in [-0.39, 0.29) is 30.1 Å². The Hall–Kier alpha value is -6.89. The third-order valence-electron chi connectivity index (χ3n) is 12.3. The molecule has 4 amide bonds. The number of hydrogen-bond acceptors (Lipinski definition) is 12. The van der Waals surface area contributed by atoms with E-state index in [0.29, 0.717) is 73.1 Å². The van der Waals surface area contributed by atoms with Gasteiger partial charge in [0.25, 0.3) is 5.91 Å². The number of benzene rings is 2. The van der Waals surface area contributed by atoms with Crippen LogP contribution in [-0.4, -0.2) is 92.6 Å². The van der Waals surface area contributed by atoms with Gasteiger partial charge in [-0.15, -0.1) is 11.3 Å². The molecule has 7 rings (SSSR count). The number of likely N-dealkylation sites (tertiary alicyclic amines) is 1. The lowest BCUT2D eigenvalue weighted by atomic mass is 9.85. The number of thiazole rings is 1. The summed E-state index contributed by atoms with van der Waals surface area (Å²) in [5.74, 6) is -3.22. The number of carbonyl (C=O) groups excluding carboxylic acids is 4. The molecular weight excluding hydrogens is 975 g/mol. The van der Waals surface area contributed by atoms with E-state index < -0.39 is 63.7 Å². The van der Waals surface area contributed by atoms with Gasteiger partial charge in [-0.05, 0) is 106 Å². The number of carbonyl (C=O) groups is 4. The molecule has 2 N–H and O–H groups in total. The molecule has 0 saturated carbocycles. The highest BCUT2D eigenvalue weighted by Gasteiger charge is 2.52. The lowest BCUT2D eigenvalue weighted by Gasteiger charge is -2.35. The van der Waals surface area contributed by atoms with Gasteiger partial charge >= 0.3 is 6.18 Å². The number of hydrogen-bond donors (Lipinski definition) is 2. The molecule has 2 aliphatic heterocycles. The highest BCUT2D eigenvalue weighted by molar-refractivity contribution is 7.81. The van der Waals surface area contributed by atoms with Crippen LogP contribution in [0.1, 0.15) is 82.7 Å². The number of nitrogens with zero attached hydrogens (tertiary/aromatic N) is 7. The van der Waals surface area contributed by atoms with Crippen molar-refractivity contribution in [3.8, 4) is 33.6 Å². The molecule has 0 radical (unpaired) electrons. The summed E-state index contributed by atoms with van der Waals surface area (Å²) in [5, 5.41) is 14.7. The van der Waals surface area contributed by atoms with E-state index in [9.17, 15) is 37.6 Å². The van der Waals surface area contributed by atoms with Crippen molar-refractivity contribution in [1.29, 1.82) is 5.26 Å². The zero-order valence-corrected chi connectivity index (χ0v) is 42.1. The van der Waals surface area contributed by atoms with Crippen LogP contribution in [0.2, 0.25) is 0 Å². The predicted octanol–water partition coefficient (Wildman–Crippen LogP) is 8.54. The second-order valence-corrected chi connectivity index (χ2v) is 20.1. The number of aromatic nitrogens is 3. The zero-order valence-electron chi connectivity index (χ0n) is 40.4. The van der Waals surface area contributed by atoms with Crippen molar-refractivity contribution in [2.75, 3.05) is 36.2 Å². The number of pyridine rings is 2. The second-order valence-electron chi connectivity index (χ2n) is 18.9. The molecule has 2 aliphatic rings. The van der Waals surface area contributed by atoms with Crippen LogP contribution in [0.25, 0.3) is 21.7 Å². The Balaban J connectivity index is 0.840. The topological polar surface area (TPSA) is 183 Å². The minimum Gasteiger partial charge on any atom is -0.478 e. The molecule has 0 spiro atoms. The lowest BCUT2D eigenvalue weighted by molar-refractivity contribution is -0.144. The third kappa shape index (κ3) is 11.6. The van der Waals surface area contributed by atoms with Crippen LogP contribution in [0.15, 0.2) is 78.6 Å². The van der Waals surface area contributed by atoms with Crippen LogP contribution >= 0.6 is 23.6 Å². The maximum absolute atomic E-state index is 15.4. The highest BCUT2D eigenvalue weighted by atomic mass is 32.1. The van der Waals surface area contributed by atoms with Gasteiger partial charge < -0.3 is 29.9 Å². The average Bonchev–Trinajstić information content (AvgIpc) is 4.05. The summed E-state index contributed by atoms with van der Waals surface area (Å²) in [6.45, 7) is 11.6. The van der Waals surface area contributed by atoms with E-state index in [1.165, 1.54) is 31.0 Å². The van der Waals surface area contributed by atoms with Crippen molar-refractivity contribution in [3.63, 3.8) is 0 Å². The number of aryl methyl sites for hydroxylation is 1. The van der Waals surface area contributed by atoms with E-state index in [1.807, 2.05) is 57.5 Å². The number of halogens is 4. The molecule has 2 atom stereocenters. The maximum Gasteiger partial charge on any atom is 0.420 e. The van der Waals surface area contributed by atoms with Crippen molar-refractivity contribution in [2.45, 2.75) is 97.6 Å². The highest BCUT2D eigenvalue weighted by Crippen LogP contribution is 2.42. The van der Waals surface area contributed by atoms with Crippen molar-refractivity contribution in [3.05, 3.63) is 107 Å². The van der Waals surface area contributed by atoms with Crippen molar-refractivity contribution < 1.29 is 46.2 Å². The first kappa shape index (κ1) is 52.9. The Kier molecular flexibility index (Phi) is 16.1. The molecule has 21 heteroatoms. The Morgan fingerprint density at radius 1 is 0.972 bits per heavy atom. The summed E-state index contributed by atoms with van der Waals surface area (Å²) in [6, 6.07) is 16.1. The Morgan fingerprint density at radius 3 is 2.32 bits per heavy atom. The second kappa shape index (κ2) is 21.8. The predicted molar refractivity (Wildman–Crippen MR) is 266 cm³/mol. The average molecular weight is 1030 g/mol. The number of nitrogens with one attached hydrogen (secondary N) is 2. The number of amides is 4. The van der Waals surface area contributed by atoms with Crippen LogP contribution in [0.5, 0.6) is 5.88 Å². The van der Waals surface area contributed by atoms with Gasteiger partial charge in [-0.3, -0.25) is 29.1 Å². The van der Waals surface area contributed by atoms with Gasteiger partial charge in [0.15, 0.2) is 10.9 Å². The number of anilines is 2. The fraction of sp³-hybridized carbons (Fsp3) is 0.392. The first-order chi connectivity index (χ1) is 34.1. The molecular formula is C51H53F4N9O6S2. The largest absolute Gasteiger partial charge is 0.478 e. The fourth-order valence-corrected chi connectivity index (χ4v) is 9.81. The zero-order chi connectivity index (χ0) is 52.1. The molecule has 5 heterocycles. The quantitative estimate of drug-likeness (QED) is 0.0515. The van der Waals surface area contributed by atoms with E-state index >= 15 is 4.39 Å². The maximum atomic E-state index is 15.4. The summed E-state index contributed by atoms with van der Waals surface area (Å²) in [5.41, 5.74) is 0.677. The van der Waals surface area contributed by atoms with Crippen LogP contribution in [0.4, 0.5) is 28.9 Å². The van der Waals surface area contributed by atoms with Gasteiger partial charge in [0.2, 0.25) is 23.6 Å². The monoisotopic (exact) mass is 1030 g/mol. The number of nitriles is 1. The Labute approximate surface area is 423 Å². The van der Waals surface area contributed by atoms with Crippen molar-refractivity contribution in [1.82, 2.24) is 30.5 Å². The number of rotatable bonds is 17. The molecule has 2 saturated heterocycles. The minimum atomic E-state index is -5.20. The van der Waals surface area contributed by atoms with Crippen LogP contribution in [0.3, 0.4) is 0 Å². The minimum absolute atomic E-state index is 0.240. The Bertz CT molecular complexity index is 2870. The molecule has 3 aromatic heterocycles. The first-order valence-electron chi connectivity index (χ1n) is 23.1. The molecule has 1 unspecified atom stereocenters. The summed E-state index contributed by atoms with van der Waals surface area (Å²) in [7, 11) is 0. The van der Waals surface area contributed by atoms with E-state index in [0.717, 1.165) is 33.8 Å². The number of alkyl halides is 3. The summed E-state index contributed by atoms with van der Waals surface area (Å²) < 4.78 is 68.2. The van der Waals surface area contributed by atoms with Crippen LogP contribution in [-0.2, 0) is 36.6 Å². The summed E-state index contributed by atoms with van der Waals surface area (Å²) >= 11 is 7.10. The number of unbranched alkanes of at least 4 members (excludes halogenated alkanes) is 1. The molecule has 2 fully saturated rings. The molecule has 72 heavy (non-hydrogen) atoms. The Morgan fingerprint density at radius 2 is 1.69 bits per heavy atom. The van der Waals surface area contributed by atoms with Crippen LogP contribution in [0, 0.1) is 29.5 Å².